The second kappa shape index (κ2) is 5.69. The van der Waals surface area contributed by atoms with Crippen molar-refractivity contribution in [3.05, 3.63) is 52.2 Å². The fraction of sp³-hybridized carbons (Fsp3) is 0.214. The van der Waals surface area contributed by atoms with Gasteiger partial charge in [0.15, 0.2) is 0 Å². The highest BCUT2D eigenvalue weighted by atomic mass is 32.1. The Balaban J connectivity index is 2.12. The lowest BCUT2D eigenvalue weighted by Gasteiger charge is -2.16. The monoisotopic (exact) mass is 261 g/mol. The van der Waals surface area contributed by atoms with Crippen LogP contribution in [0, 0.1) is 0 Å². The molecule has 3 nitrogen and oxygen atoms in total. The van der Waals surface area contributed by atoms with E-state index in [-0.39, 0.29) is 11.9 Å². The number of ether oxygens (including phenoxy) is 1. The first-order chi connectivity index (χ1) is 8.72. The van der Waals surface area contributed by atoms with E-state index in [0.29, 0.717) is 0 Å². The summed E-state index contributed by atoms with van der Waals surface area (Å²) in [4.78, 5) is 12.7. The van der Waals surface area contributed by atoms with Crippen molar-refractivity contribution < 1.29 is 9.53 Å². The van der Waals surface area contributed by atoms with Gasteiger partial charge in [0.1, 0.15) is 5.75 Å². The molecule has 1 N–H and O–H groups in total. The number of amides is 1. The Morgan fingerprint density at radius 3 is 2.72 bits per heavy atom. The summed E-state index contributed by atoms with van der Waals surface area (Å²) in [5, 5.41) is 4.86. The zero-order valence-electron chi connectivity index (χ0n) is 10.3. The van der Waals surface area contributed by atoms with Gasteiger partial charge < -0.3 is 10.1 Å². The predicted molar refractivity (Wildman–Crippen MR) is 73.2 cm³/mol. The number of nitrogens with one attached hydrogen (secondary N) is 1. The molecular formula is C14H15NO2S. The smallest absolute Gasteiger partial charge is 0.261 e. The summed E-state index contributed by atoms with van der Waals surface area (Å²) in [6.07, 6.45) is 0. The minimum atomic E-state index is -0.0873. The lowest BCUT2D eigenvalue weighted by molar-refractivity contribution is 0.0943. The summed E-state index contributed by atoms with van der Waals surface area (Å²) in [5.74, 6) is 0.736. The Bertz CT molecular complexity index is 522. The van der Waals surface area contributed by atoms with Crippen molar-refractivity contribution in [1.29, 1.82) is 0 Å². The molecule has 0 aliphatic carbocycles. The van der Waals surface area contributed by atoms with E-state index in [1.165, 1.54) is 11.3 Å². The SMILES string of the molecule is COc1ccccc1[C@H](C)NC(=O)c1cccs1. The maximum Gasteiger partial charge on any atom is 0.261 e. The Hall–Kier alpha value is -1.81. The van der Waals surface area contributed by atoms with E-state index in [0.717, 1.165) is 16.2 Å². The van der Waals surface area contributed by atoms with Gasteiger partial charge in [0.25, 0.3) is 5.91 Å². The van der Waals surface area contributed by atoms with Crippen LogP contribution in [-0.2, 0) is 0 Å². The largest absolute Gasteiger partial charge is 0.496 e. The van der Waals surface area contributed by atoms with E-state index >= 15 is 0 Å². The number of hydrogen-bond acceptors (Lipinski definition) is 3. The van der Waals surface area contributed by atoms with Crippen molar-refractivity contribution >= 4 is 17.2 Å². The van der Waals surface area contributed by atoms with Gasteiger partial charge in [-0.2, -0.15) is 0 Å². The number of hydrogen-bond donors (Lipinski definition) is 1. The van der Waals surface area contributed by atoms with E-state index < -0.39 is 0 Å². The van der Waals surface area contributed by atoms with E-state index in [9.17, 15) is 4.79 Å². The van der Waals surface area contributed by atoms with Crippen molar-refractivity contribution in [2.75, 3.05) is 7.11 Å². The van der Waals surface area contributed by atoms with E-state index in [2.05, 4.69) is 5.32 Å². The summed E-state index contributed by atoms with van der Waals surface area (Å²) in [5.41, 5.74) is 0.977. The zero-order valence-corrected chi connectivity index (χ0v) is 11.2. The Morgan fingerprint density at radius 2 is 2.06 bits per heavy atom. The van der Waals surface area contributed by atoms with Gasteiger partial charge in [-0.3, -0.25) is 4.79 Å². The molecule has 0 saturated heterocycles. The van der Waals surface area contributed by atoms with Crippen LogP contribution >= 0.6 is 11.3 Å². The molecule has 1 heterocycles. The molecule has 0 unspecified atom stereocenters. The average molecular weight is 261 g/mol. The third-order valence-electron chi connectivity index (χ3n) is 2.70. The summed E-state index contributed by atoms with van der Waals surface area (Å²) >= 11 is 1.43. The number of methoxy groups -OCH3 is 1. The normalized spacial score (nSPS) is 11.9. The Morgan fingerprint density at radius 1 is 1.28 bits per heavy atom. The van der Waals surface area contributed by atoms with Crippen LogP contribution < -0.4 is 10.1 Å². The third-order valence-corrected chi connectivity index (χ3v) is 3.57. The van der Waals surface area contributed by atoms with Crippen molar-refractivity contribution in [2.45, 2.75) is 13.0 Å². The molecule has 0 aliphatic rings. The minimum absolute atomic E-state index is 0.0524. The minimum Gasteiger partial charge on any atom is -0.496 e. The van der Waals surface area contributed by atoms with Crippen LogP contribution in [0.2, 0.25) is 0 Å². The molecule has 2 aromatic rings. The molecule has 0 spiro atoms. The standard InChI is InChI=1S/C14H15NO2S/c1-10(11-6-3-4-7-12(11)17-2)15-14(16)13-8-5-9-18-13/h3-10H,1-2H3,(H,15,16)/t10-/m0/s1. The summed E-state index contributed by atoms with van der Waals surface area (Å²) in [6.45, 7) is 1.95. The molecule has 1 aromatic carbocycles. The Labute approximate surface area is 110 Å². The maximum atomic E-state index is 11.9. The number of carbonyl (C=O) groups is 1. The molecule has 2 rings (SSSR count). The van der Waals surface area contributed by atoms with Crippen LogP contribution in [0.4, 0.5) is 0 Å². The van der Waals surface area contributed by atoms with E-state index in [4.69, 9.17) is 4.74 Å². The van der Waals surface area contributed by atoms with Crippen molar-refractivity contribution in [3.63, 3.8) is 0 Å². The number of benzene rings is 1. The molecular weight excluding hydrogens is 246 g/mol. The quantitative estimate of drug-likeness (QED) is 0.917. The first-order valence-corrected chi connectivity index (χ1v) is 6.57. The highest BCUT2D eigenvalue weighted by Gasteiger charge is 2.14. The van der Waals surface area contributed by atoms with Crippen molar-refractivity contribution in [2.24, 2.45) is 0 Å². The summed E-state index contributed by atoms with van der Waals surface area (Å²) in [6, 6.07) is 11.3. The van der Waals surface area contributed by atoms with Gasteiger partial charge >= 0.3 is 0 Å². The number of rotatable bonds is 4. The van der Waals surface area contributed by atoms with Gasteiger partial charge in [-0.1, -0.05) is 24.3 Å². The molecule has 1 amide bonds. The fourth-order valence-electron chi connectivity index (χ4n) is 1.78. The second-order valence-electron chi connectivity index (χ2n) is 3.91. The highest BCUT2D eigenvalue weighted by Crippen LogP contribution is 2.24. The van der Waals surface area contributed by atoms with Gasteiger partial charge in [-0.05, 0) is 24.4 Å². The van der Waals surface area contributed by atoms with Gasteiger partial charge in [-0.25, -0.2) is 0 Å². The van der Waals surface area contributed by atoms with Gasteiger partial charge in [0.05, 0.1) is 18.0 Å². The third kappa shape index (κ3) is 2.71. The molecule has 0 fully saturated rings. The first-order valence-electron chi connectivity index (χ1n) is 5.69. The molecule has 0 radical (unpaired) electrons. The highest BCUT2D eigenvalue weighted by molar-refractivity contribution is 7.12. The van der Waals surface area contributed by atoms with Crippen molar-refractivity contribution in [1.82, 2.24) is 5.32 Å². The zero-order chi connectivity index (χ0) is 13.0. The molecule has 4 heteroatoms. The lowest BCUT2D eigenvalue weighted by atomic mass is 10.1. The van der Waals surface area contributed by atoms with Gasteiger partial charge in [0.2, 0.25) is 0 Å². The molecule has 94 valence electrons. The fourth-order valence-corrected chi connectivity index (χ4v) is 2.40. The molecule has 18 heavy (non-hydrogen) atoms. The number of para-hydroxylation sites is 1. The van der Waals surface area contributed by atoms with Crippen LogP contribution in [0.5, 0.6) is 5.75 Å². The van der Waals surface area contributed by atoms with Crippen LogP contribution in [0.1, 0.15) is 28.2 Å². The van der Waals surface area contributed by atoms with Crippen LogP contribution in [0.25, 0.3) is 0 Å². The molecule has 0 bridgehead atoms. The predicted octanol–water partition coefficient (Wildman–Crippen LogP) is 3.25. The van der Waals surface area contributed by atoms with Crippen molar-refractivity contribution in [3.8, 4) is 5.75 Å². The second-order valence-corrected chi connectivity index (χ2v) is 4.86. The van der Waals surface area contributed by atoms with E-state index in [1.54, 1.807) is 7.11 Å². The summed E-state index contributed by atoms with van der Waals surface area (Å²) in [7, 11) is 1.63. The molecule has 1 atom stereocenters. The first kappa shape index (κ1) is 12.6. The number of carbonyl (C=O) groups excluding carboxylic acids is 1. The lowest BCUT2D eigenvalue weighted by Crippen LogP contribution is -2.26. The molecule has 1 aromatic heterocycles. The van der Waals surface area contributed by atoms with Crippen LogP contribution in [0.3, 0.4) is 0 Å². The van der Waals surface area contributed by atoms with Gasteiger partial charge in [0, 0.05) is 5.56 Å². The van der Waals surface area contributed by atoms with E-state index in [1.807, 2.05) is 48.7 Å². The van der Waals surface area contributed by atoms with Crippen LogP contribution in [-0.4, -0.2) is 13.0 Å². The average Bonchev–Trinajstić information content (AvgIpc) is 2.92. The summed E-state index contributed by atoms with van der Waals surface area (Å²) < 4.78 is 5.29. The molecule has 0 aliphatic heterocycles. The molecule has 0 saturated carbocycles. The Kier molecular flexibility index (Phi) is 3.99. The topological polar surface area (TPSA) is 38.3 Å². The van der Waals surface area contributed by atoms with Gasteiger partial charge in [-0.15, -0.1) is 11.3 Å². The number of thiophene rings is 1. The maximum absolute atomic E-state index is 11.9. The van der Waals surface area contributed by atoms with Crippen LogP contribution in [0.15, 0.2) is 41.8 Å².